The summed E-state index contributed by atoms with van der Waals surface area (Å²) in [4.78, 5) is 45.7. The Kier molecular flexibility index (Phi) is 6.64. The molecule has 0 saturated heterocycles. The van der Waals surface area contributed by atoms with E-state index in [9.17, 15) is 19.2 Å². The summed E-state index contributed by atoms with van der Waals surface area (Å²) < 4.78 is 4.76. The van der Waals surface area contributed by atoms with Crippen LogP contribution in [0.15, 0.2) is 24.3 Å². The summed E-state index contributed by atoms with van der Waals surface area (Å²) in [6.45, 7) is 4.26. The van der Waals surface area contributed by atoms with E-state index in [-0.39, 0.29) is 30.4 Å². The first-order valence-electron chi connectivity index (χ1n) is 7.41. The predicted molar refractivity (Wildman–Crippen MR) is 88.3 cm³/mol. The summed E-state index contributed by atoms with van der Waals surface area (Å²) in [6.07, 6.45) is 0.0611. The van der Waals surface area contributed by atoms with E-state index >= 15 is 0 Å². The second-order valence-corrected chi connectivity index (χ2v) is 5.81. The van der Waals surface area contributed by atoms with Gasteiger partial charge in [-0.2, -0.15) is 0 Å². The van der Waals surface area contributed by atoms with E-state index in [1.54, 1.807) is 31.2 Å². The third-order valence-electron chi connectivity index (χ3n) is 3.29. The van der Waals surface area contributed by atoms with Gasteiger partial charge in [0.25, 0.3) is 0 Å². The fourth-order valence-electron chi connectivity index (χ4n) is 2.33. The number of ether oxygens (including phenoxy) is 1. The minimum absolute atomic E-state index is 0.176. The first kappa shape index (κ1) is 19.3. The summed E-state index contributed by atoms with van der Waals surface area (Å²) in [5.74, 6) is -1.48. The van der Waals surface area contributed by atoms with Crippen LogP contribution in [0.2, 0.25) is 0 Å². The molecule has 7 heteroatoms. The van der Waals surface area contributed by atoms with Gasteiger partial charge in [-0.25, -0.2) is 4.79 Å². The molecule has 0 aromatic heterocycles. The first-order valence-corrected chi connectivity index (χ1v) is 7.41. The van der Waals surface area contributed by atoms with E-state index in [1.165, 1.54) is 21.0 Å². The largest absolute Gasteiger partial charge is 0.467 e. The van der Waals surface area contributed by atoms with Crippen LogP contribution >= 0.6 is 0 Å². The highest BCUT2D eigenvalue weighted by molar-refractivity contribution is 6.03. The van der Waals surface area contributed by atoms with Crippen molar-refractivity contribution in [1.29, 1.82) is 0 Å². The van der Waals surface area contributed by atoms with Crippen molar-refractivity contribution in [2.24, 2.45) is 0 Å². The van der Waals surface area contributed by atoms with Crippen LogP contribution in [0, 0.1) is 0 Å². The van der Waals surface area contributed by atoms with Crippen molar-refractivity contribution in [2.75, 3.05) is 12.4 Å². The lowest BCUT2D eigenvalue weighted by molar-refractivity contribution is -0.149. The number of hydrogen-bond donors (Lipinski definition) is 2. The molecular formula is C17H22N2O5. The summed E-state index contributed by atoms with van der Waals surface area (Å²) in [7, 11) is 1.26. The van der Waals surface area contributed by atoms with Crippen molar-refractivity contribution in [2.45, 2.75) is 39.2 Å². The highest BCUT2D eigenvalue weighted by Gasteiger charge is 2.35. The third-order valence-corrected chi connectivity index (χ3v) is 3.29. The lowest BCUT2D eigenvalue weighted by Crippen LogP contribution is -2.53. The number of benzene rings is 1. The van der Waals surface area contributed by atoms with Crippen LogP contribution in [0.5, 0.6) is 0 Å². The molecule has 1 aromatic carbocycles. The van der Waals surface area contributed by atoms with Crippen LogP contribution in [0.1, 0.15) is 32.8 Å². The van der Waals surface area contributed by atoms with E-state index in [0.717, 1.165) is 5.56 Å². The van der Waals surface area contributed by atoms with Crippen LogP contribution in [-0.2, 0) is 30.3 Å². The summed E-state index contributed by atoms with van der Waals surface area (Å²) in [5.41, 5.74) is 0.144. The number of rotatable bonds is 7. The number of nitrogens with one attached hydrogen (secondary N) is 2. The fraction of sp³-hybridized carbons (Fsp3) is 0.412. The van der Waals surface area contributed by atoms with Crippen molar-refractivity contribution >= 4 is 29.3 Å². The highest BCUT2D eigenvalue weighted by Crippen LogP contribution is 2.18. The molecule has 2 N–H and O–H groups in total. The van der Waals surface area contributed by atoms with E-state index in [1.807, 2.05) is 0 Å². The molecule has 0 saturated carbocycles. The van der Waals surface area contributed by atoms with Crippen molar-refractivity contribution in [3.8, 4) is 0 Å². The molecule has 0 spiro atoms. The molecule has 0 aliphatic rings. The minimum atomic E-state index is -1.18. The Morgan fingerprint density at radius 3 is 2.12 bits per heavy atom. The number of esters is 1. The quantitative estimate of drug-likeness (QED) is 0.576. The zero-order chi connectivity index (χ0) is 18.3. The van der Waals surface area contributed by atoms with E-state index < -0.39 is 11.5 Å². The van der Waals surface area contributed by atoms with Gasteiger partial charge in [0.1, 0.15) is 11.3 Å². The molecule has 24 heavy (non-hydrogen) atoms. The number of methoxy groups -OCH3 is 1. The van der Waals surface area contributed by atoms with Gasteiger partial charge in [-0.05, 0) is 31.5 Å². The maximum Gasteiger partial charge on any atom is 0.331 e. The monoisotopic (exact) mass is 334 g/mol. The van der Waals surface area contributed by atoms with Gasteiger partial charge >= 0.3 is 5.97 Å². The third kappa shape index (κ3) is 5.83. The van der Waals surface area contributed by atoms with Crippen LogP contribution in [0.3, 0.4) is 0 Å². The number of carbonyl (C=O) groups is 4. The van der Waals surface area contributed by atoms with E-state index in [2.05, 4.69) is 10.6 Å². The number of amides is 2. The molecule has 7 nitrogen and oxygen atoms in total. The maximum atomic E-state index is 12.0. The van der Waals surface area contributed by atoms with Gasteiger partial charge in [0.05, 0.1) is 13.5 Å². The van der Waals surface area contributed by atoms with Crippen molar-refractivity contribution in [3.05, 3.63) is 29.8 Å². The number of anilines is 1. The lowest BCUT2D eigenvalue weighted by atomic mass is 9.92. The average Bonchev–Trinajstić information content (AvgIpc) is 2.46. The summed E-state index contributed by atoms with van der Waals surface area (Å²) in [6, 6.07) is 6.79. The topological polar surface area (TPSA) is 102 Å². The van der Waals surface area contributed by atoms with E-state index in [4.69, 9.17) is 4.74 Å². The molecule has 0 heterocycles. The van der Waals surface area contributed by atoms with Gasteiger partial charge in [-0.3, -0.25) is 14.4 Å². The number of hydrogen-bond acceptors (Lipinski definition) is 5. The number of ketones is 1. The Morgan fingerprint density at radius 1 is 1.08 bits per heavy atom. The molecule has 0 fully saturated rings. The average molecular weight is 334 g/mol. The van der Waals surface area contributed by atoms with Gasteiger partial charge in [-0.15, -0.1) is 0 Å². The Hall–Kier alpha value is -2.70. The molecule has 0 radical (unpaired) electrons. The molecule has 130 valence electrons. The minimum Gasteiger partial charge on any atom is -0.467 e. The standard InChI is InChI=1S/C17H22N2O5/c1-11(20)9-15(22)18-14-7-5-13(6-8-14)10-17(3,16(23)24-4)19-12(2)21/h5-8H,9-10H2,1-4H3,(H,18,22)(H,19,21)/t17-/m0/s1. The summed E-state index contributed by atoms with van der Waals surface area (Å²) >= 11 is 0. The van der Waals surface area contributed by atoms with Crippen molar-refractivity contribution in [1.82, 2.24) is 5.32 Å². The van der Waals surface area contributed by atoms with Gasteiger partial charge in [0.2, 0.25) is 11.8 Å². The van der Waals surface area contributed by atoms with E-state index in [0.29, 0.717) is 5.69 Å². The number of Topliss-reactive ketones (excluding diaryl/α,β-unsaturated/α-hetero) is 1. The summed E-state index contributed by atoms with van der Waals surface area (Å²) in [5, 5.41) is 5.21. The molecule has 2 amide bonds. The second kappa shape index (κ2) is 8.24. The normalized spacial score (nSPS) is 12.7. The van der Waals surface area contributed by atoms with Crippen molar-refractivity contribution in [3.63, 3.8) is 0 Å². The highest BCUT2D eigenvalue weighted by atomic mass is 16.5. The first-order chi connectivity index (χ1) is 11.2. The molecule has 0 bridgehead atoms. The molecule has 0 aliphatic heterocycles. The number of carbonyl (C=O) groups excluding carboxylic acids is 4. The molecule has 0 unspecified atom stereocenters. The smallest absolute Gasteiger partial charge is 0.331 e. The van der Waals surface area contributed by atoms with Crippen LogP contribution in [-0.4, -0.2) is 36.2 Å². The fourth-order valence-corrected chi connectivity index (χ4v) is 2.33. The second-order valence-electron chi connectivity index (χ2n) is 5.81. The van der Waals surface area contributed by atoms with Crippen molar-refractivity contribution < 1.29 is 23.9 Å². The molecule has 1 rings (SSSR count). The Bertz CT molecular complexity index is 639. The Morgan fingerprint density at radius 2 is 1.67 bits per heavy atom. The SMILES string of the molecule is COC(=O)[C@](C)(Cc1ccc(NC(=O)CC(C)=O)cc1)NC(C)=O. The van der Waals surface area contributed by atoms with Gasteiger partial charge in [0, 0.05) is 19.0 Å². The zero-order valence-electron chi connectivity index (χ0n) is 14.3. The van der Waals surface area contributed by atoms with Crippen LogP contribution in [0.25, 0.3) is 0 Å². The zero-order valence-corrected chi connectivity index (χ0v) is 14.3. The predicted octanol–water partition coefficient (Wildman–Crippen LogP) is 1.21. The van der Waals surface area contributed by atoms with Gasteiger partial charge in [0.15, 0.2) is 0 Å². The molecule has 1 aromatic rings. The van der Waals surface area contributed by atoms with Gasteiger partial charge < -0.3 is 15.4 Å². The molecule has 1 atom stereocenters. The van der Waals surface area contributed by atoms with Gasteiger partial charge in [-0.1, -0.05) is 12.1 Å². The lowest BCUT2D eigenvalue weighted by Gasteiger charge is -2.27. The van der Waals surface area contributed by atoms with Crippen LogP contribution < -0.4 is 10.6 Å². The Balaban J connectivity index is 2.83. The van der Waals surface area contributed by atoms with Crippen LogP contribution in [0.4, 0.5) is 5.69 Å². The maximum absolute atomic E-state index is 12.0. The molecule has 0 aliphatic carbocycles. The molecular weight excluding hydrogens is 312 g/mol. The Labute approximate surface area is 140 Å².